The van der Waals surface area contributed by atoms with E-state index in [1.807, 2.05) is 77.7 Å². The number of carboxylic acid groups (broad SMARTS) is 1. The van der Waals surface area contributed by atoms with Crippen LogP contribution in [0.1, 0.15) is 25.8 Å². The van der Waals surface area contributed by atoms with E-state index in [1.165, 1.54) is 13.8 Å². The van der Waals surface area contributed by atoms with Crippen LogP contribution in [0.25, 0.3) is 11.1 Å². The molecule has 1 aromatic heterocycles. The molecule has 1 heterocycles. The monoisotopic (exact) mass is 482 g/mol. The van der Waals surface area contributed by atoms with Gasteiger partial charge < -0.3 is 28.7 Å². The van der Waals surface area contributed by atoms with E-state index in [9.17, 15) is 9.90 Å². The minimum atomic E-state index is -1.44. The van der Waals surface area contributed by atoms with Crippen molar-refractivity contribution >= 4 is 23.1 Å². The summed E-state index contributed by atoms with van der Waals surface area (Å²) in [5, 5.41) is 11.3. The quantitative estimate of drug-likeness (QED) is 0.235. The molecule has 0 fully saturated rings. The van der Waals surface area contributed by atoms with Gasteiger partial charge in [0.25, 0.3) is 6.01 Å². The van der Waals surface area contributed by atoms with Crippen molar-refractivity contribution in [1.29, 1.82) is 0 Å². The Labute approximate surface area is 227 Å². The molecule has 0 saturated carbocycles. The van der Waals surface area contributed by atoms with Crippen molar-refractivity contribution in [3.05, 3.63) is 84.4 Å². The molecular weight excluding hydrogens is 455 g/mol. The van der Waals surface area contributed by atoms with Crippen molar-refractivity contribution in [1.82, 2.24) is 4.98 Å². The van der Waals surface area contributed by atoms with Gasteiger partial charge >= 0.3 is 29.6 Å². The number of aromatic nitrogens is 1. The first-order valence-corrected chi connectivity index (χ1v) is 11.2. The van der Waals surface area contributed by atoms with Crippen molar-refractivity contribution in [2.45, 2.75) is 32.4 Å². The first kappa shape index (κ1) is 26.6. The van der Waals surface area contributed by atoms with Crippen LogP contribution in [0.5, 0.6) is 11.5 Å². The molecule has 0 aliphatic carbocycles. The fourth-order valence-electron chi connectivity index (χ4n) is 3.46. The number of benzene rings is 3. The van der Waals surface area contributed by atoms with E-state index in [1.54, 1.807) is 6.07 Å². The average molecular weight is 483 g/mol. The summed E-state index contributed by atoms with van der Waals surface area (Å²) in [7, 11) is 0. The number of carbonyl (C=O) groups excluding carboxylic acids is 1. The van der Waals surface area contributed by atoms with Crippen LogP contribution in [0.15, 0.2) is 83.3 Å². The van der Waals surface area contributed by atoms with Gasteiger partial charge in [-0.15, -0.1) is 0 Å². The topological polar surface area (TPSA) is 87.9 Å². The van der Waals surface area contributed by atoms with Crippen LogP contribution in [-0.4, -0.2) is 29.7 Å². The molecule has 7 nitrogen and oxygen atoms in total. The summed E-state index contributed by atoms with van der Waals surface area (Å²) in [5.41, 5.74) is 0.998. The van der Waals surface area contributed by atoms with E-state index in [4.69, 9.17) is 13.9 Å². The smallest absolute Gasteiger partial charge is 0.546 e. The van der Waals surface area contributed by atoms with Crippen LogP contribution >= 0.6 is 0 Å². The van der Waals surface area contributed by atoms with Gasteiger partial charge in [-0.1, -0.05) is 42.5 Å². The van der Waals surface area contributed by atoms with E-state index in [2.05, 4.69) is 4.98 Å². The maximum atomic E-state index is 11.3. The first-order chi connectivity index (χ1) is 16.4. The molecule has 0 N–H and O–H groups in total. The summed E-state index contributed by atoms with van der Waals surface area (Å²) < 4.78 is 17.5. The molecule has 3 aromatic carbocycles. The third kappa shape index (κ3) is 7.24. The van der Waals surface area contributed by atoms with Gasteiger partial charge in [0.15, 0.2) is 5.58 Å². The van der Waals surface area contributed by atoms with Crippen LogP contribution in [-0.2, 0) is 11.3 Å². The summed E-state index contributed by atoms with van der Waals surface area (Å²) >= 11 is 0. The molecule has 176 valence electrons. The van der Waals surface area contributed by atoms with Gasteiger partial charge in [-0.05, 0) is 62.2 Å². The maximum absolute atomic E-state index is 11.3. The van der Waals surface area contributed by atoms with Crippen molar-refractivity contribution < 1.29 is 53.3 Å². The van der Waals surface area contributed by atoms with E-state index in [-0.39, 0.29) is 29.6 Å². The molecule has 0 aliphatic rings. The number of aliphatic carboxylic acids is 1. The molecule has 0 radical (unpaired) electrons. The molecule has 35 heavy (non-hydrogen) atoms. The van der Waals surface area contributed by atoms with Crippen molar-refractivity contribution in [3.8, 4) is 11.5 Å². The van der Waals surface area contributed by atoms with E-state index >= 15 is 0 Å². The number of carbonyl (C=O) groups is 1. The Hall–Kier alpha value is -3.00. The van der Waals surface area contributed by atoms with Crippen LogP contribution in [0.4, 0.5) is 6.01 Å². The number of rotatable bonds is 11. The summed E-state index contributed by atoms with van der Waals surface area (Å²) in [6.45, 7) is 4.62. The Morgan fingerprint density at radius 1 is 1.00 bits per heavy atom. The molecule has 0 unspecified atom stereocenters. The molecule has 0 aliphatic heterocycles. The summed E-state index contributed by atoms with van der Waals surface area (Å²) in [4.78, 5) is 18.0. The van der Waals surface area contributed by atoms with Crippen molar-refractivity contribution in [3.63, 3.8) is 0 Å². The van der Waals surface area contributed by atoms with Crippen LogP contribution in [0, 0.1) is 0 Å². The Balaban J connectivity index is 0.00000342. The van der Waals surface area contributed by atoms with Crippen LogP contribution in [0.3, 0.4) is 0 Å². The number of hydrogen-bond acceptors (Lipinski definition) is 7. The zero-order valence-electron chi connectivity index (χ0n) is 20.3. The molecular formula is C27H27N2NaO5. The van der Waals surface area contributed by atoms with Gasteiger partial charge in [0, 0.05) is 13.1 Å². The van der Waals surface area contributed by atoms with E-state index in [0.717, 1.165) is 28.8 Å². The van der Waals surface area contributed by atoms with Gasteiger partial charge in [0.1, 0.15) is 22.6 Å². The second kappa shape index (κ2) is 12.1. The molecule has 4 rings (SSSR count). The molecule has 0 saturated heterocycles. The number of fused-ring (bicyclic) bond motifs is 1. The minimum absolute atomic E-state index is 0. The minimum Gasteiger partial charge on any atom is -0.546 e. The summed E-state index contributed by atoms with van der Waals surface area (Å²) in [5.74, 6) is 0.0114. The SMILES string of the molecule is CC(C)(Oc1cccc(CN(CCCOc2ccccc2)c2nc3ccccc3o2)c1)C(=O)[O-].[Na+]. The Morgan fingerprint density at radius 2 is 1.71 bits per heavy atom. The van der Waals surface area contributed by atoms with E-state index < -0.39 is 11.6 Å². The molecule has 0 spiro atoms. The van der Waals surface area contributed by atoms with Crippen LogP contribution in [0.2, 0.25) is 0 Å². The number of para-hydroxylation sites is 3. The van der Waals surface area contributed by atoms with Gasteiger partial charge in [0.2, 0.25) is 0 Å². The number of carboxylic acids is 1. The van der Waals surface area contributed by atoms with Crippen molar-refractivity contribution in [2.24, 2.45) is 0 Å². The molecule has 8 heteroatoms. The number of hydrogen-bond donors (Lipinski definition) is 0. The summed E-state index contributed by atoms with van der Waals surface area (Å²) in [6, 6.07) is 25.2. The number of ether oxygens (including phenoxy) is 2. The third-order valence-electron chi connectivity index (χ3n) is 5.27. The third-order valence-corrected chi connectivity index (χ3v) is 5.27. The number of nitrogens with zero attached hydrogens (tertiary/aromatic N) is 2. The summed E-state index contributed by atoms with van der Waals surface area (Å²) in [6.07, 6.45) is 0.752. The normalized spacial score (nSPS) is 11.0. The second-order valence-electron chi connectivity index (χ2n) is 8.45. The number of oxazole rings is 1. The molecule has 0 amide bonds. The predicted octanol–water partition coefficient (Wildman–Crippen LogP) is 1.21. The molecule has 0 atom stereocenters. The average Bonchev–Trinajstić information content (AvgIpc) is 3.26. The fourth-order valence-corrected chi connectivity index (χ4v) is 3.46. The van der Waals surface area contributed by atoms with Gasteiger partial charge in [-0.25, -0.2) is 0 Å². The predicted molar refractivity (Wildman–Crippen MR) is 128 cm³/mol. The zero-order chi connectivity index (χ0) is 24.0. The van der Waals surface area contributed by atoms with Gasteiger partial charge in [-0.2, -0.15) is 4.98 Å². The van der Waals surface area contributed by atoms with Crippen molar-refractivity contribution in [2.75, 3.05) is 18.1 Å². The largest absolute Gasteiger partial charge is 1.00 e. The van der Waals surface area contributed by atoms with Gasteiger partial charge in [0.05, 0.1) is 12.6 Å². The Kier molecular flexibility index (Phi) is 9.20. The number of anilines is 1. The zero-order valence-corrected chi connectivity index (χ0v) is 22.3. The Morgan fingerprint density at radius 3 is 2.46 bits per heavy atom. The maximum Gasteiger partial charge on any atom is 1.00 e. The molecule has 0 bridgehead atoms. The van der Waals surface area contributed by atoms with E-state index in [0.29, 0.717) is 31.5 Å². The Bertz CT molecular complexity index is 1210. The standard InChI is InChI=1S/C27H28N2O5.Na/c1-27(2,25(30)31)34-22-13-8-10-20(18-22)19-29(16-9-17-32-21-11-4-3-5-12-21)26-28-23-14-6-7-15-24(23)33-26;/h3-8,10-15,18H,9,16-17,19H2,1-2H3,(H,30,31);/q;+1/p-1. The fraction of sp³-hybridized carbons (Fsp3) is 0.259. The molecule has 4 aromatic rings. The van der Waals surface area contributed by atoms with Gasteiger partial charge in [-0.3, -0.25) is 0 Å². The second-order valence-corrected chi connectivity index (χ2v) is 8.45. The first-order valence-electron chi connectivity index (χ1n) is 11.2. The van der Waals surface area contributed by atoms with Crippen LogP contribution < -0.4 is 49.0 Å².